The van der Waals surface area contributed by atoms with E-state index in [-0.39, 0.29) is 36.4 Å². The molecule has 0 saturated carbocycles. The average molecular weight is 757 g/mol. The van der Waals surface area contributed by atoms with E-state index >= 15 is 0 Å². The topological polar surface area (TPSA) is 175 Å². The van der Waals surface area contributed by atoms with Gasteiger partial charge in [-0.2, -0.15) is 0 Å². The number of hydrogen-bond acceptors (Lipinski definition) is 10. The van der Waals surface area contributed by atoms with Gasteiger partial charge in [0.2, 0.25) is 11.8 Å². The molecular weight excluding hydrogens is 717 g/mol. The van der Waals surface area contributed by atoms with Crippen molar-refractivity contribution in [3.8, 4) is 33.6 Å². The molecule has 16 heteroatoms. The minimum Gasteiger partial charge on any atom is -0.453 e. The highest BCUT2D eigenvalue weighted by Gasteiger charge is 2.36. The summed E-state index contributed by atoms with van der Waals surface area (Å²) in [5.74, 6) is 0.867. The maximum atomic E-state index is 13.6. The SMILES string of the molecule is COC(=O)NCC(=O)N1CCCC1c1ncc(-c2ccc(-c3csc4c(-c5cnc(C6C=CCN6C(=O)C(NC(=O)OC)C(C)C)[nH]5)csc34)cc2)[nH]1. The van der Waals surface area contributed by atoms with Crippen molar-refractivity contribution in [3.05, 3.63) is 71.2 Å². The summed E-state index contributed by atoms with van der Waals surface area (Å²) in [4.78, 5) is 69.4. The number of rotatable bonds is 10. The number of amides is 4. The fourth-order valence-electron chi connectivity index (χ4n) is 6.85. The first-order valence-corrected chi connectivity index (χ1v) is 19.0. The molecule has 53 heavy (non-hydrogen) atoms. The van der Waals surface area contributed by atoms with Crippen LogP contribution in [0.2, 0.25) is 0 Å². The second-order valence-electron chi connectivity index (χ2n) is 13.2. The molecule has 1 fully saturated rings. The zero-order valence-electron chi connectivity index (χ0n) is 29.7. The maximum Gasteiger partial charge on any atom is 0.407 e. The van der Waals surface area contributed by atoms with Crippen LogP contribution in [0.25, 0.3) is 43.0 Å². The predicted molar refractivity (Wildman–Crippen MR) is 202 cm³/mol. The molecule has 0 radical (unpaired) electrons. The van der Waals surface area contributed by atoms with Crippen molar-refractivity contribution in [2.45, 2.75) is 44.8 Å². The number of imidazole rings is 2. The van der Waals surface area contributed by atoms with Gasteiger partial charge in [-0.3, -0.25) is 9.59 Å². The largest absolute Gasteiger partial charge is 0.453 e. The van der Waals surface area contributed by atoms with Crippen LogP contribution < -0.4 is 10.6 Å². The third-order valence-corrected chi connectivity index (χ3v) is 11.8. The molecule has 3 unspecified atom stereocenters. The van der Waals surface area contributed by atoms with Gasteiger partial charge in [0.25, 0.3) is 0 Å². The number of alkyl carbamates (subject to hydrolysis) is 2. The number of methoxy groups -OCH3 is 2. The Balaban J connectivity index is 1.05. The molecule has 0 spiro atoms. The minimum absolute atomic E-state index is 0.125. The van der Waals surface area contributed by atoms with Gasteiger partial charge >= 0.3 is 12.2 Å². The summed E-state index contributed by atoms with van der Waals surface area (Å²) in [6.45, 7) is 4.66. The Kier molecular flexibility index (Phi) is 10.3. The van der Waals surface area contributed by atoms with Crippen LogP contribution in [0.5, 0.6) is 0 Å². The number of hydrogen-bond donors (Lipinski definition) is 4. The monoisotopic (exact) mass is 756 g/mol. The number of H-pyrrole nitrogens is 2. The molecule has 7 rings (SSSR count). The lowest BCUT2D eigenvalue weighted by atomic mass is 10.0. The highest BCUT2D eigenvalue weighted by molar-refractivity contribution is 7.27. The summed E-state index contributed by atoms with van der Waals surface area (Å²) < 4.78 is 11.7. The Morgan fingerprint density at radius 1 is 0.887 bits per heavy atom. The van der Waals surface area contributed by atoms with Gasteiger partial charge in [-0.15, -0.1) is 22.7 Å². The molecule has 0 bridgehead atoms. The number of aromatic amines is 2. The first-order chi connectivity index (χ1) is 25.7. The normalized spacial score (nSPS) is 17.5. The van der Waals surface area contributed by atoms with E-state index < -0.39 is 18.2 Å². The highest BCUT2D eigenvalue weighted by Crippen LogP contribution is 2.44. The molecule has 4 aromatic heterocycles. The molecule has 1 saturated heterocycles. The highest BCUT2D eigenvalue weighted by atomic mass is 32.1. The van der Waals surface area contributed by atoms with E-state index in [9.17, 15) is 19.2 Å². The number of ether oxygens (including phenoxy) is 2. The Morgan fingerprint density at radius 2 is 1.55 bits per heavy atom. The predicted octanol–water partition coefficient (Wildman–Crippen LogP) is 6.25. The van der Waals surface area contributed by atoms with Crippen molar-refractivity contribution >= 4 is 56.1 Å². The van der Waals surface area contributed by atoms with E-state index in [0.717, 1.165) is 57.0 Å². The Morgan fingerprint density at radius 3 is 2.28 bits per heavy atom. The number of likely N-dealkylation sites (tertiary alicyclic amines) is 1. The van der Waals surface area contributed by atoms with Gasteiger partial charge in [-0.05, 0) is 29.9 Å². The Hall–Kier alpha value is -5.48. The van der Waals surface area contributed by atoms with Crippen molar-refractivity contribution in [2.24, 2.45) is 5.92 Å². The van der Waals surface area contributed by atoms with E-state index in [1.165, 1.54) is 18.9 Å². The Bertz CT molecular complexity index is 2170. The van der Waals surface area contributed by atoms with Gasteiger partial charge in [0.05, 0.1) is 53.4 Å². The van der Waals surface area contributed by atoms with E-state index in [1.807, 2.05) is 32.2 Å². The summed E-state index contributed by atoms with van der Waals surface area (Å²) in [6, 6.07) is 7.04. The lowest BCUT2D eigenvalue weighted by molar-refractivity contribution is -0.135. The first kappa shape index (κ1) is 35.9. The van der Waals surface area contributed by atoms with Crippen LogP contribution >= 0.6 is 22.7 Å². The number of fused-ring (bicyclic) bond motifs is 1. The van der Waals surface area contributed by atoms with Crippen LogP contribution in [0.1, 0.15) is 50.4 Å². The number of nitrogens with zero attached hydrogens (tertiary/aromatic N) is 4. The second kappa shape index (κ2) is 15.2. The zero-order valence-corrected chi connectivity index (χ0v) is 31.3. The van der Waals surface area contributed by atoms with E-state index in [0.29, 0.717) is 18.9 Å². The summed E-state index contributed by atoms with van der Waals surface area (Å²) >= 11 is 3.36. The molecule has 0 aliphatic carbocycles. The fourth-order valence-corrected chi connectivity index (χ4v) is 9.29. The molecule has 5 aromatic rings. The standard InChI is InChI=1S/C37H40N8O6S2/c1-20(2)30(43-37(49)51-4)35(47)45-14-6-8-28(45)34-39-16-26(42-34)24-19-53-31-23(18-52-32(24)31)21-9-11-22(12-10-21)25-15-38-33(41-25)27-7-5-13-44(27)29(46)17-40-36(48)50-3/h6,8-12,15-16,18-20,27-28,30H,5,7,13-14,17H2,1-4H3,(H,38,41)(H,39,42)(H,40,48)(H,43,49). The summed E-state index contributed by atoms with van der Waals surface area (Å²) in [5, 5.41) is 9.45. The quantitative estimate of drug-likeness (QED) is 0.121. The molecule has 1 aromatic carbocycles. The van der Waals surface area contributed by atoms with Crippen LogP contribution in [-0.2, 0) is 19.1 Å². The molecule has 4 N–H and O–H groups in total. The summed E-state index contributed by atoms with van der Waals surface area (Å²) in [5.41, 5.74) is 6.00. The maximum absolute atomic E-state index is 13.6. The number of carbonyl (C=O) groups excluding carboxylic acids is 4. The number of thiophene rings is 2. The van der Waals surface area contributed by atoms with Crippen molar-refractivity contribution in [1.82, 2.24) is 40.4 Å². The molecule has 6 heterocycles. The van der Waals surface area contributed by atoms with Gasteiger partial charge in [0.1, 0.15) is 30.3 Å². The molecule has 14 nitrogen and oxygen atoms in total. The first-order valence-electron chi connectivity index (χ1n) is 17.3. The van der Waals surface area contributed by atoms with E-state index in [2.05, 4.69) is 70.3 Å². The van der Waals surface area contributed by atoms with Crippen LogP contribution in [0.4, 0.5) is 9.59 Å². The number of nitrogens with one attached hydrogen (secondary N) is 4. The third kappa shape index (κ3) is 7.15. The van der Waals surface area contributed by atoms with E-state index in [1.54, 1.807) is 38.7 Å². The van der Waals surface area contributed by atoms with Gasteiger partial charge in [0.15, 0.2) is 0 Å². The van der Waals surface area contributed by atoms with Crippen molar-refractivity contribution < 1.29 is 28.7 Å². The van der Waals surface area contributed by atoms with Gasteiger partial charge < -0.3 is 39.9 Å². The van der Waals surface area contributed by atoms with Crippen LogP contribution in [0.3, 0.4) is 0 Å². The third-order valence-electron chi connectivity index (χ3n) is 9.64. The molecule has 2 aliphatic rings. The molecular formula is C37H40N8O6S2. The molecule has 2 aliphatic heterocycles. The van der Waals surface area contributed by atoms with Gasteiger partial charge in [-0.1, -0.05) is 50.3 Å². The minimum atomic E-state index is -0.726. The zero-order chi connectivity index (χ0) is 37.2. The van der Waals surface area contributed by atoms with Crippen LogP contribution in [0, 0.1) is 5.92 Å². The van der Waals surface area contributed by atoms with Crippen molar-refractivity contribution in [1.29, 1.82) is 0 Å². The van der Waals surface area contributed by atoms with E-state index in [4.69, 9.17) is 4.74 Å². The van der Waals surface area contributed by atoms with Crippen LogP contribution in [0.15, 0.2) is 59.6 Å². The van der Waals surface area contributed by atoms with Crippen LogP contribution in [-0.4, -0.2) is 93.6 Å². The van der Waals surface area contributed by atoms with Crippen molar-refractivity contribution in [3.63, 3.8) is 0 Å². The second-order valence-corrected chi connectivity index (χ2v) is 15.0. The summed E-state index contributed by atoms with van der Waals surface area (Å²) in [7, 11) is 2.54. The van der Waals surface area contributed by atoms with Gasteiger partial charge in [-0.25, -0.2) is 19.6 Å². The molecule has 4 amide bonds. The number of carbonyl (C=O) groups is 4. The molecule has 276 valence electrons. The van der Waals surface area contributed by atoms with Gasteiger partial charge in [0, 0.05) is 35.0 Å². The summed E-state index contributed by atoms with van der Waals surface area (Å²) in [6.07, 6.45) is 7.86. The lowest BCUT2D eigenvalue weighted by Gasteiger charge is -2.29. The average Bonchev–Trinajstić information content (AvgIpc) is 4.01. The smallest absolute Gasteiger partial charge is 0.407 e. The Labute approximate surface area is 313 Å². The molecule has 3 atom stereocenters. The fraction of sp³-hybridized carbons (Fsp3) is 0.351. The number of benzene rings is 1. The number of aromatic nitrogens is 4. The lowest BCUT2D eigenvalue weighted by Crippen LogP contribution is -2.51. The van der Waals surface area contributed by atoms with Crippen molar-refractivity contribution in [2.75, 3.05) is 33.9 Å².